The first-order valence-corrected chi connectivity index (χ1v) is 8.73. The van der Waals surface area contributed by atoms with Crippen LogP contribution in [0.15, 0.2) is 54.6 Å². The van der Waals surface area contributed by atoms with E-state index in [1.807, 2.05) is 37.3 Å². The van der Waals surface area contributed by atoms with E-state index in [0.717, 1.165) is 5.56 Å². The van der Waals surface area contributed by atoms with Crippen LogP contribution in [-0.2, 0) is 10.2 Å². The molecule has 0 fully saturated rings. The third kappa shape index (κ3) is 5.34. The molecule has 0 heterocycles. The Bertz CT molecular complexity index is 734. The topological polar surface area (TPSA) is 67.4 Å². The van der Waals surface area contributed by atoms with Crippen LogP contribution in [0.4, 0.5) is 0 Å². The number of para-hydroxylation sites is 1. The number of hydrazine groups is 1. The molecule has 2 aromatic rings. The van der Waals surface area contributed by atoms with E-state index >= 15 is 0 Å². The number of benzene rings is 2. The molecule has 2 N–H and O–H groups in total. The smallest absolute Gasteiger partial charge is 0.279 e. The number of nitrogens with one attached hydrogen (secondary N) is 2. The van der Waals surface area contributed by atoms with Crippen molar-refractivity contribution < 1.29 is 14.3 Å². The van der Waals surface area contributed by atoms with E-state index in [2.05, 4.69) is 31.6 Å². The molecule has 1 unspecified atom stereocenters. The molecule has 26 heavy (non-hydrogen) atoms. The van der Waals surface area contributed by atoms with Crippen molar-refractivity contribution >= 4 is 11.8 Å². The van der Waals surface area contributed by atoms with Crippen molar-refractivity contribution in [3.63, 3.8) is 0 Å². The third-order valence-corrected chi connectivity index (χ3v) is 4.00. The van der Waals surface area contributed by atoms with Gasteiger partial charge in [-0.2, -0.15) is 0 Å². The molecule has 0 saturated heterocycles. The molecular formula is C21H26N2O3. The summed E-state index contributed by atoms with van der Waals surface area (Å²) < 4.78 is 5.65. The summed E-state index contributed by atoms with van der Waals surface area (Å²) in [6, 6.07) is 16.5. The minimum Gasteiger partial charge on any atom is -0.481 e. The van der Waals surface area contributed by atoms with Crippen molar-refractivity contribution in [2.75, 3.05) is 0 Å². The number of hydrogen-bond donors (Lipinski definition) is 2. The van der Waals surface area contributed by atoms with Crippen LogP contribution in [0.25, 0.3) is 0 Å². The Morgan fingerprint density at radius 2 is 1.58 bits per heavy atom. The molecule has 0 bridgehead atoms. The lowest BCUT2D eigenvalue weighted by atomic mass is 9.87. The highest BCUT2D eigenvalue weighted by atomic mass is 16.5. The minimum atomic E-state index is -0.680. The van der Waals surface area contributed by atoms with Crippen LogP contribution in [0, 0.1) is 0 Å². The largest absolute Gasteiger partial charge is 0.481 e. The summed E-state index contributed by atoms with van der Waals surface area (Å²) in [5.74, 6) is -0.150. The number of amides is 2. The van der Waals surface area contributed by atoms with Gasteiger partial charge in [-0.3, -0.25) is 20.4 Å². The van der Waals surface area contributed by atoms with Gasteiger partial charge < -0.3 is 4.74 Å². The Morgan fingerprint density at radius 1 is 0.962 bits per heavy atom. The second-order valence-electron chi connectivity index (χ2n) is 7.10. The molecule has 0 aromatic heterocycles. The number of hydrogen-bond acceptors (Lipinski definition) is 3. The molecule has 0 aliphatic rings. The summed E-state index contributed by atoms with van der Waals surface area (Å²) in [6.45, 7) is 8.18. The van der Waals surface area contributed by atoms with Crippen molar-refractivity contribution in [3.8, 4) is 5.75 Å². The van der Waals surface area contributed by atoms with Crippen LogP contribution in [0.5, 0.6) is 5.75 Å². The molecule has 2 rings (SSSR count). The van der Waals surface area contributed by atoms with Gasteiger partial charge in [0.25, 0.3) is 11.8 Å². The highest BCUT2D eigenvalue weighted by molar-refractivity contribution is 5.95. The van der Waals surface area contributed by atoms with E-state index in [0.29, 0.717) is 17.7 Å². The first-order valence-electron chi connectivity index (χ1n) is 8.73. The third-order valence-electron chi connectivity index (χ3n) is 4.00. The Labute approximate surface area is 154 Å². The zero-order valence-electron chi connectivity index (χ0n) is 15.7. The van der Waals surface area contributed by atoms with Gasteiger partial charge in [-0.05, 0) is 41.7 Å². The van der Waals surface area contributed by atoms with Crippen LogP contribution in [0.1, 0.15) is 50.0 Å². The summed E-state index contributed by atoms with van der Waals surface area (Å²) in [5.41, 5.74) is 6.51. The van der Waals surface area contributed by atoms with E-state index in [4.69, 9.17) is 4.74 Å². The molecule has 5 heteroatoms. The van der Waals surface area contributed by atoms with Crippen molar-refractivity contribution in [2.45, 2.75) is 45.6 Å². The van der Waals surface area contributed by atoms with Gasteiger partial charge in [0.15, 0.2) is 6.10 Å². The maximum absolute atomic E-state index is 12.2. The van der Waals surface area contributed by atoms with Gasteiger partial charge in [-0.25, -0.2) is 0 Å². The van der Waals surface area contributed by atoms with Gasteiger partial charge in [-0.15, -0.1) is 0 Å². The number of carbonyl (C=O) groups excluding carboxylic acids is 2. The van der Waals surface area contributed by atoms with E-state index < -0.39 is 12.0 Å². The number of carbonyl (C=O) groups is 2. The Hall–Kier alpha value is -2.82. The van der Waals surface area contributed by atoms with Crippen LogP contribution in [0.3, 0.4) is 0 Å². The molecule has 0 aliphatic heterocycles. The Morgan fingerprint density at radius 3 is 2.12 bits per heavy atom. The molecule has 138 valence electrons. The van der Waals surface area contributed by atoms with Gasteiger partial charge in [0.1, 0.15) is 5.75 Å². The van der Waals surface area contributed by atoms with Crippen LogP contribution >= 0.6 is 0 Å². The molecule has 0 radical (unpaired) electrons. The van der Waals surface area contributed by atoms with E-state index in [1.54, 1.807) is 24.3 Å². The van der Waals surface area contributed by atoms with Gasteiger partial charge in [0, 0.05) is 5.56 Å². The van der Waals surface area contributed by atoms with Crippen molar-refractivity contribution in [1.29, 1.82) is 0 Å². The van der Waals surface area contributed by atoms with Gasteiger partial charge in [0.2, 0.25) is 0 Å². The van der Waals surface area contributed by atoms with Crippen LogP contribution in [-0.4, -0.2) is 17.9 Å². The SMILES string of the molecule is CCC(Oc1ccccc1)C(=O)NNC(=O)c1ccc(C(C)(C)C)cc1. The predicted molar refractivity (Wildman–Crippen MR) is 102 cm³/mol. The molecule has 2 amide bonds. The fourth-order valence-corrected chi connectivity index (χ4v) is 2.38. The average molecular weight is 354 g/mol. The monoisotopic (exact) mass is 354 g/mol. The lowest BCUT2D eigenvalue weighted by Crippen LogP contribution is -2.47. The summed E-state index contributed by atoms with van der Waals surface area (Å²) in [7, 11) is 0. The average Bonchev–Trinajstić information content (AvgIpc) is 2.64. The molecule has 5 nitrogen and oxygen atoms in total. The van der Waals surface area contributed by atoms with E-state index in [1.165, 1.54) is 0 Å². The summed E-state index contributed by atoms with van der Waals surface area (Å²) in [5, 5.41) is 0. The molecule has 0 spiro atoms. The second-order valence-corrected chi connectivity index (χ2v) is 7.10. The fraction of sp³-hybridized carbons (Fsp3) is 0.333. The summed E-state index contributed by atoms with van der Waals surface area (Å²) in [4.78, 5) is 24.5. The van der Waals surface area contributed by atoms with E-state index in [9.17, 15) is 9.59 Å². The van der Waals surface area contributed by atoms with Gasteiger partial charge >= 0.3 is 0 Å². The quantitative estimate of drug-likeness (QED) is 0.806. The standard InChI is InChI=1S/C21H26N2O3/c1-5-18(26-17-9-7-6-8-10-17)20(25)23-22-19(24)15-11-13-16(14-12-15)21(2,3)4/h6-14,18H,5H2,1-4H3,(H,22,24)(H,23,25). The molecule has 0 aliphatic carbocycles. The number of rotatable bonds is 5. The molecule has 1 atom stereocenters. The van der Waals surface area contributed by atoms with E-state index in [-0.39, 0.29) is 11.3 Å². The fourth-order valence-electron chi connectivity index (χ4n) is 2.38. The molecule has 2 aromatic carbocycles. The van der Waals surface area contributed by atoms with Crippen molar-refractivity contribution in [3.05, 3.63) is 65.7 Å². The zero-order chi connectivity index (χ0) is 19.2. The summed E-state index contributed by atoms with van der Waals surface area (Å²) >= 11 is 0. The van der Waals surface area contributed by atoms with Crippen LogP contribution < -0.4 is 15.6 Å². The highest BCUT2D eigenvalue weighted by Gasteiger charge is 2.19. The Kier molecular flexibility index (Phi) is 6.39. The lowest BCUT2D eigenvalue weighted by Gasteiger charge is -2.19. The lowest BCUT2D eigenvalue weighted by molar-refractivity contribution is -0.128. The van der Waals surface area contributed by atoms with Crippen molar-refractivity contribution in [1.82, 2.24) is 10.9 Å². The normalized spacial score (nSPS) is 12.2. The maximum Gasteiger partial charge on any atom is 0.279 e. The molecule has 0 saturated carbocycles. The zero-order valence-corrected chi connectivity index (χ0v) is 15.7. The second kappa shape index (κ2) is 8.52. The first-order chi connectivity index (χ1) is 12.3. The first kappa shape index (κ1) is 19.5. The maximum atomic E-state index is 12.2. The predicted octanol–water partition coefficient (Wildman–Crippen LogP) is 3.60. The Balaban J connectivity index is 1.92. The minimum absolute atomic E-state index is 0.0202. The van der Waals surface area contributed by atoms with Crippen molar-refractivity contribution in [2.24, 2.45) is 0 Å². The van der Waals surface area contributed by atoms with Crippen LogP contribution in [0.2, 0.25) is 0 Å². The highest BCUT2D eigenvalue weighted by Crippen LogP contribution is 2.22. The van der Waals surface area contributed by atoms with Gasteiger partial charge in [0.05, 0.1) is 0 Å². The van der Waals surface area contributed by atoms with Gasteiger partial charge in [-0.1, -0.05) is 58.0 Å². The number of ether oxygens (including phenoxy) is 1. The molecular weight excluding hydrogens is 328 g/mol. The summed E-state index contributed by atoms with van der Waals surface area (Å²) in [6.07, 6.45) is -0.197.